The molecule has 0 heterocycles. The average molecular weight is 344 g/mol. The fourth-order valence-corrected chi connectivity index (χ4v) is 2.88. The van der Waals surface area contributed by atoms with Crippen LogP contribution in [0.5, 0.6) is 0 Å². The lowest BCUT2D eigenvalue weighted by Crippen LogP contribution is -2.32. The largest absolute Gasteiger partial charge is 0.324 e. The van der Waals surface area contributed by atoms with Gasteiger partial charge in [-0.15, -0.1) is 0 Å². The molecule has 3 aromatic rings. The SMILES string of the molecule is Cc1ccc(NC(=O)[C@@H](NCc2ccccc2C)c2ccccc2)cc1. The number of hydrogen-bond donors (Lipinski definition) is 2. The molecule has 0 bridgehead atoms. The predicted octanol–water partition coefficient (Wildman–Crippen LogP) is 4.77. The molecule has 2 N–H and O–H groups in total. The predicted molar refractivity (Wildman–Crippen MR) is 107 cm³/mol. The summed E-state index contributed by atoms with van der Waals surface area (Å²) < 4.78 is 0. The summed E-state index contributed by atoms with van der Waals surface area (Å²) in [6.07, 6.45) is 0. The van der Waals surface area contributed by atoms with E-state index in [-0.39, 0.29) is 5.91 Å². The Hall–Kier alpha value is -2.91. The maximum absolute atomic E-state index is 12.9. The Morgan fingerprint density at radius 2 is 1.50 bits per heavy atom. The number of nitrogens with one attached hydrogen (secondary N) is 2. The van der Waals surface area contributed by atoms with Crippen molar-refractivity contribution in [3.63, 3.8) is 0 Å². The molecule has 132 valence electrons. The van der Waals surface area contributed by atoms with E-state index in [1.807, 2.05) is 73.7 Å². The van der Waals surface area contributed by atoms with E-state index in [2.05, 4.69) is 29.7 Å². The summed E-state index contributed by atoms with van der Waals surface area (Å²) in [5.74, 6) is -0.0614. The number of carbonyl (C=O) groups excluding carboxylic acids is 1. The molecule has 0 radical (unpaired) electrons. The second-order valence-electron chi connectivity index (χ2n) is 6.51. The van der Waals surface area contributed by atoms with Crippen molar-refractivity contribution >= 4 is 11.6 Å². The number of anilines is 1. The zero-order valence-corrected chi connectivity index (χ0v) is 15.2. The van der Waals surface area contributed by atoms with Crippen molar-refractivity contribution in [2.45, 2.75) is 26.4 Å². The number of carbonyl (C=O) groups is 1. The quantitative estimate of drug-likeness (QED) is 0.676. The third kappa shape index (κ3) is 4.58. The van der Waals surface area contributed by atoms with Crippen molar-refractivity contribution in [2.75, 3.05) is 5.32 Å². The zero-order chi connectivity index (χ0) is 18.4. The van der Waals surface area contributed by atoms with Crippen molar-refractivity contribution < 1.29 is 4.79 Å². The van der Waals surface area contributed by atoms with Crippen LogP contribution in [0.25, 0.3) is 0 Å². The number of amides is 1. The van der Waals surface area contributed by atoms with Crippen LogP contribution in [-0.2, 0) is 11.3 Å². The van der Waals surface area contributed by atoms with Gasteiger partial charge in [0.1, 0.15) is 6.04 Å². The molecule has 3 aromatic carbocycles. The van der Waals surface area contributed by atoms with Crippen molar-refractivity contribution in [1.82, 2.24) is 5.32 Å². The fourth-order valence-electron chi connectivity index (χ4n) is 2.88. The summed E-state index contributed by atoms with van der Waals surface area (Å²) >= 11 is 0. The first-order valence-electron chi connectivity index (χ1n) is 8.84. The molecule has 0 saturated carbocycles. The van der Waals surface area contributed by atoms with Gasteiger partial charge in [-0.05, 0) is 42.7 Å². The third-order valence-electron chi connectivity index (χ3n) is 4.47. The van der Waals surface area contributed by atoms with Gasteiger partial charge < -0.3 is 5.32 Å². The minimum Gasteiger partial charge on any atom is -0.324 e. The van der Waals surface area contributed by atoms with Gasteiger partial charge in [-0.2, -0.15) is 0 Å². The van der Waals surface area contributed by atoms with Gasteiger partial charge in [-0.3, -0.25) is 10.1 Å². The number of benzene rings is 3. The molecule has 0 spiro atoms. The lowest BCUT2D eigenvalue weighted by atomic mass is 10.0. The van der Waals surface area contributed by atoms with E-state index in [9.17, 15) is 4.79 Å². The minimum atomic E-state index is -0.419. The first kappa shape index (κ1) is 17.9. The fraction of sp³-hybridized carbons (Fsp3) is 0.174. The van der Waals surface area contributed by atoms with E-state index >= 15 is 0 Å². The molecule has 0 aromatic heterocycles. The highest BCUT2D eigenvalue weighted by atomic mass is 16.2. The molecule has 3 heteroatoms. The maximum Gasteiger partial charge on any atom is 0.246 e. The summed E-state index contributed by atoms with van der Waals surface area (Å²) in [4.78, 5) is 12.9. The molecular formula is C23H24N2O. The highest BCUT2D eigenvalue weighted by molar-refractivity contribution is 5.95. The smallest absolute Gasteiger partial charge is 0.246 e. The van der Waals surface area contributed by atoms with Crippen LogP contribution in [0.4, 0.5) is 5.69 Å². The normalized spacial score (nSPS) is 11.8. The van der Waals surface area contributed by atoms with E-state index in [1.54, 1.807) is 0 Å². The zero-order valence-electron chi connectivity index (χ0n) is 15.2. The van der Waals surface area contributed by atoms with Gasteiger partial charge in [0.05, 0.1) is 0 Å². The molecule has 1 atom stereocenters. The van der Waals surface area contributed by atoms with Crippen LogP contribution in [-0.4, -0.2) is 5.91 Å². The molecule has 0 fully saturated rings. The number of hydrogen-bond acceptors (Lipinski definition) is 2. The summed E-state index contributed by atoms with van der Waals surface area (Å²) in [5, 5.41) is 6.43. The summed E-state index contributed by atoms with van der Waals surface area (Å²) in [6, 6.07) is 25.5. The van der Waals surface area contributed by atoms with Crippen LogP contribution in [0.2, 0.25) is 0 Å². The maximum atomic E-state index is 12.9. The molecule has 0 unspecified atom stereocenters. The van der Waals surface area contributed by atoms with Gasteiger partial charge in [0.25, 0.3) is 0 Å². The van der Waals surface area contributed by atoms with Crippen molar-refractivity contribution in [2.24, 2.45) is 0 Å². The summed E-state index contributed by atoms with van der Waals surface area (Å²) in [6.45, 7) is 4.75. The Kier molecular flexibility index (Phi) is 5.82. The summed E-state index contributed by atoms with van der Waals surface area (Å²) in [5.41, 5.74) is 5.33. The molecule has 0 saturated heterocycles. The monoisotopic (exact) mass is 344 g/mol. The van der Waals surface area contributed by atoms with Crippen LogP contribution >= 0.6 is 0 Å². The van der Waals surface area contributed by atoms with E-state index in [0.717, 1.165) is 11.3 Å². The highest BCUT2D eigenvalue weighted by Gasteiger charge is 2.20. The van der Waals surface area contributed by atoms with E-state index < -0.39 is 6.04 Å². The molecule has 1 amide bonds. The number of aryl methyl sites for hydroxylation is 2. The van der Waals surface area contributed by atoms with Gasteiger partial charge in [0, 0.05) is 12.2 Å². The van der Waals surface area contributed by atoms with E-state index in [0.29, 0.717) is 6.54 Å². The van der Waals surface area contributed by atoms with Gasteiger partial charge in [0.2, 0.25) is 5.91 Å². The van der Waals surface area contributed by atoms with Crippen molar-refractivity contribution in [3.05, 3.63) is 101 Å². The molecule has 26 heavy (non-hydrogen) atoms. The lowest BCUT2D eigenvalue weighted by molar-refractivity contribution is -0.118. The van der Waals surface area contributed by atoms with Crippen LogP contribution in [0.3, 0.4) is 0 Å². The molecule has 0 aliphatic carbocycles. The van der Waals surface area contributed by atoms with Gasteiger partial charge in [-0.1, -0.05) is 72.3 Å². The third-order valence-corrected chi connectivity index (χ3v) is 4.47. The Balaban J connectivity index is 1.78. The standard InChI is InChI=1S/C23H24N2O/c1-17-12-14-21(15-13-17)25-23(26)22(19-9-4-3-5-10-19)24-16-20-11-7-6-8-18(20)2/h3-15,22,24H,16H2,1-2H3,(H,25,26)/t22-/m0/s1. The number of rotatable bonds is 6. The molecule has 3 rings (SSSR count). The van der Waals surface area contributed by atoms with Crippen LogP contribution in [0.15, 0.2) is 78.9 Å². The topological polar surface area (TPSA) is 41.1 Å². The van der Waals surface area contributed by atoms with Gasteiger partial charge in [-0.25, -0.2) is 0 Å². The molecule has 0 aliphatic rings. The Morgan fingerprint density at radius 1 is 0.846 bits per heavy atom. The first-order chi connectivity index (χ1) is 12.6. The lowest BCUT2D eigenvalue weighted by Gasteiger charge is -2.20. The van der Waals surface area contributed by atoms with Crippen LogP contribution in [0.1, 0.15) is 28.3 Å². The van der Waals surface area contributed by atoms with Gasteiger partial charge >= 0.3 is 0 Å². The average Bonchev–Trinajstić information content (AvgIpc) is 2.66. The van der Waals surface area contributed by atoms with Crippen LogP contribution in [0, 0.1) is 13.8 Å². The Labute approximate surface area is 155 Å². The Morgan fingerprint density at radius 3 is 2.19 bits per heavy atom. The van der Waals surface area contributed by atoms with Crippen molar-refractivity contribution in [3.8, 4) is 0 Å². The second kappa shape index (κ2) is 8.45. The van der Waals surface area contributed by atoms with Crippen LogP contribution < -0.4 is 10.6 Å². The summed E-state index contributed by atoms with van der Waals surface area (Å²) in [7, 11) is 0. The van der Waals surface area contributed by atoms with E-state index in [4.69, 9.17) is 0 Å². The first-order valence-corrected chi connectivity index (χ1v) is 8.84. The minimum absolute atomic E-state index is 0.0614. The van der Waals surface area contributed by atoms with Gasteiger partial charge in [0.15, 0.2) is 0 Å². The highest BCUT2D eigenvalue weighted by Crippen LogP contribution is 2.18. The molecular weight excluding hydrogens is 320 g/mol. The molecule has 3 nitrogen and oxygen atoms in total. The second-order valence-corrected chi connectivity index (χ2v) is 6.51. The Bertz CT molecular complexity index is 857. The van der Waals surface area contributed by atoms with Crippen molar-refractivity contribution in [1.29, 1.82) is 0 Å². The molecule has 0 aliphatic heterocycles. The van der Waals surface area contributed by atoms with E-state index in [1.165, 1.54) is 16.7 Å².